The number of aliphatic hydroxyl groups excluding tert-OH is 4. The van der Waals surface area contributed by atoms with Gasteiger partial charge in [0.2, 0.25) is 0 Å². The first-order chi connectivity index (χ1) is 30.6. The highest BCUT2D eigenvalue weighted by Gasteiger charge is 2.54. The maximum Gasteiger partial charge on any atom is 0.472 e. The summed E-state index contributed by atoms with van der Waals surface area (Å²) < 4.78 is 55.0. The van der Waals surface area contributed by atoms with Crippen LogP contribution < -0.4 is 0 Å². The number of epoxide rings is 1. The van der Waals surface area contributed by atoms with E-state index in [1.807, 2.05) is 12.2 Å². The first-order valence-corrected chi connectivity index (χ1v) is 26.0. The third-order valence-corrected chi connectivity index (χ3v) is 12.0. The molecule has 1 saturated heterocycles. The molecule has 2 rings (SSSR count). The fourth-order valence-electron chi connectivity index (χ4n) is 6.80. The van der Waals surface area contributed by atoms with Crippen molar-refractivity contribution >= 4 is 27.6 Å². The van der Waals surface area contributed by atoms with Gasteiger partial charge in [-0.1, -0.05) is 120 Å². The number of carbonyl (C=O) groups excluding carboxylic acids is 2. The topological polar surface area (TPSA) is 269 Å². The minimum Gasteiger partial charge on any atom is -0.462 e. The molecule has 7 unspecified atom stereocenters. The molecule has 17 nitrogen and oxygen atoms in total. The van der Waals surface area contributed by atoms with Gasteiger partial charge in [0.25, 0.3) is 0 Å². The van der Waals surface area contributed by atoms with Gasteiger partial charge in [0, 0.05) is 12.8 Å². The first-order valence-electron chi connectivity index (χ1n) is 23.0. The number of carbonyl (C=O) groups is 2. The van der Waals surface area contributed by atoms with Crippen LogP contribution in [0.25, 0.3) is 0 Å². The molecule has 19 heteroatoms. The summed E-state index contributed by atoms with van der Waals surface area (Å²) in [5.74, 6) is -1.30. The van der Waals surface area contributed by atoms with Gasteiger partial charge in [0.15, 0.2) is 6.10 Å². The van der Waals surface area contributed by atoms with Crippen LogP contribution in [-0.2, 0) is 46.5 Å². The van der Waals surface area contributed by atoms with Crippen molar-refractivity contribution < 1.29 is 81.6 Å². The van der Waals surface area contributed by atoms with Gasteiger partial charge in [-0.2, -0.15) is 0 Å². The molecule has 1 aliphatic carbocycles. The fraction of sp³-hybridized carbons (Fsp3) is 0.733. The van der Waals surface area contributed by atoms with Crippen LogP contribution in [0.3, 0.4) is 0 Å². The zero-order valence-electron chi connectivity index (χ0n) is 37.6. The van der Waals surface area contributed by atoms with Crippen molar-refractivity contribution in [3.05, 3.63) is 60.8 Å². The Kier molecular flexibility index (Phi) is 30.0. The van der Waals surface area contributed by atoms with Gasteiger partial charge in [-0.3, -0.25) is 23.2 Å². The molecule has 1 aliphatic heterocycles. The standard InChI is InChI=1S/C45H76O17P2/c1-3-5-7-8-9-10-11-12-13-17-20-23-27-31-38(46)57-33-35(34-58-64(55,56)62-45-42(50)40(48)41(49)44(43(45)51)61-63(52,53)54)59-39(47)32-28-24-21-18-15-14-16-19-22-26-30-37-36(60-37)29-25-6-4-2/h7-8,10-11,14,16,18,21-22,26,35-37,40-45,48-51H,3-6,9,12-13,15,17,19-20,23-25,27-34H2,1-2H3,(H,55,56)(H2,52,53,54)/b8-7-,11-10-,16-14-,21-18-,26-22-/t35-,36?,37?,40?,41?,42?,43?,44-,45+/m1/s1. The zero-order chi connectivity index (χ0) is 47.2. The van der Waals surface area contributed by atoms with Crippen molar-refractivity contribution in [3.63, 3.8) is 0 Å². The fourth-order valence-corrected chi connectivity index (χ4v) is 8.33. The number of phosphoric acid groups is 2. The van der Waals surface area contributed by atoms with E-state index in [0.29, 0.717) is 31.5 Å². The molecule has 1 saturated carbocycles. The molecular formula is C45H76O17P2. The largest absolute Gasteiger partial charge is 0.472 e. The Morgan fingerprint density at radius 3 is 1.78 bits per heavy atom. The lowest BCUT2D eigenvalue weighted by atomic mass is 9.85. The normalized spacial score (nSPS) is 25.5. The molecule has 0 radical (unpaired) electrons. The highest BCUT2D eigenvalue weighted by Crippen LogP contribution is 2.49. The summed E-state index contributed by atoms with van der Waals surface area (Å²) >= 11 is 0. The molecule has 0 bridgehead atoms. The summed E-state index contributed by atoms with van der Waals surface area (Å²) in [6.45, 7) is 2.93. The molecule has 1 heterocycles. The van der Waals surface area contributed by atoms with E-state index in [1.54, 1.807) is 0 Å². The van der Waals surface area contributed by atoms with Gasteiger partial charge in [-0.15, -0.1) is 0 Å². The molecule has 0 amide bonds. The Balaban J connectivity index is 1.83. The molecule has 368 valence electrons. The number of phosphoric ester groups is 2. The van der Waals surface area contributed by atoms with Crippen LogP contribution in [0.2, 0.25) is 0 Å². The van der Waals surface area contributed by atoms with Gasteiger partial charge >= 0.3 is 27.6 Å². The summed E-state index contributed by atoms with van der Waals surface area (Å²) in [4.78, 5) is 54.2. The number of aliphatic hydroxyl groups is 4. The van der Waals surface area contributed by atoms with Gasteiger partial charge in [-0.05, 0) is 70.6 Å². The lowest BCUT2D eigenvalue weighted by Crippen LogP contribution is -2.64. The van der Waals surface area contributed by atoms with Crippen molar-refractivity contribution in [2.24, 2.45) is 0 Å². The second-order valence-corrected chi connectivity index (χ2v) is 18.7. The molecule has 2 fully saturated rings. The average molecular weight is 951 g/mol. The minimum atomic E-state index is -5.37. The van der Waals surface area contributed by atoms with Crippen molar-refractivity contribution in [1.29, 1.82) is 0 Å². The Morgan fingerprint density at radius 2 is 1.14 bits per heavy atom. The Hall–Kier alpha value is -2.34. The molecule has 7 N–H and O–H groups in total. The van der Waals surface area contributed by atoms with E-state index < -0.39 is 83.5 Å². The third-order valence-electron chi connectivity index (χ3n) is 10.5. The molecule has 64 heavy (non-hydrogen) atoms. The minimum absolute atomic E-state index is 0.0414. The van der Waals surface area contributed by atoms with Crippen LogP contribution in [0.5, 0.6) is 0 Å². The Labute approximate surface area is 379 Å². The maximum absolute atomic E-state index is 13.0. The molecule has 10 atom stereocenters. The van der Waals surface area contributed by atoms with Crippen LogP contribution >= 0.6 is 15.6 Å². The smallest absolute Gasteiger partial charge is 0.462 e. The van der Waals surface area contributed by atoms with Crippen molar-refractivity contribution in [3.8, 4) is 0 Å². The number of hydrogen-bond donors (Lipinski definition) is 7. The Morgan fingerprint density at radius 1 is 0.578 bits per heavy atom. The van der Waals surface area contributed by atoms with Crippen LogP contribution in [0.1, 0.15) is 142 Å². The zero-order valence-corrected chi connectivity index (χ0v) is 39.4. The SMILES string of the molecule is CCC/C=C\C/C=C\CCCCCCCC(=O)OC[C@H](COP(=O)(O)O[C@H]1C(O)C(O)C(O)[C@@H](OP(=O)(O)O)C1O)OC(=O)CCC/C=C\C/C=C\C/C=C\CC1OC1CCCCC. The summed E-state index contributed by atoms with van der Waals surface area (Å²) in [6.07, 6.45) is 23.7. The molecule has 0 aromatic rings. The lowest BCUT2D eigenvalue weighted by Gasteiger charge is -2.43. The van der Waals surface area contributed by atoms with Gasteiger partial charge in [0.1, 0.15) is 43.2 Å². The number of ether oxygens (including phenoxy) is 3. The molecule has 0 aromatic heterocycles. The molecule has 0 spiro atoms. The van der Waals surface area contributed by atoms with Crippen LogP contribution in [0.15, 0.2) is 60.8 Å². The monoisotopic (exact) mass is 950 g/mol. The Bertz CT molecular complexity index is 1540. The van der Waals surface area contributed by atoms with Crippen molar-refractivity contribution in [2.45, 2.75) is 197 Å². The van der Waals surface area contributed by atoms with E-state index in [-0.39, 0.29) is 12.8 Å². The predicted molar refractivity (Wildman–Crippen MR) is 240 cm³/mol. The van der Waals surface area contributed by atoms with Crippen LogP contribution in [0.4, 0.5) is 0 Å². The molecule has 0 aromatic carbocycles. The van der Waals surface area contributed by atoms with E-state index in [9.17, 15) is 44.0 Å². The summed E-state index contributed by atoms with van der Waals surface area (Å²) in [6, 6.07) is 0. The average Bonchev–Trinajstić information content (AvgIpc) is 4.00. The van der Waals surface area contributed by atoms with E-state index >= 15 is 0 Å². The lowest BCUT2D eigenvalue weighted by molar-refractivity contribution is -0.216. The summed E-state index contributed by atoms with van der Waals surface area (Å²) in [5, 5.41) is 41.2. The number of unbranched alkanes of at least 4 members (excludes halogenated alkanes) is 9. The van der Waals surface area contributed by atoms with E-state index in [0.717, 1.165) is 77.0 Å². The van der Waals surface area contributed by atoms with Crippen LogP contribution in [-0.4, -0.2) is 115 Å². The van der Waals surface area contributed by atoms with Crippen LogP contribution in [0, 0.1) is 0 Å². The van der Waals surface area contributed by atoms with Gasteiger partial charge in [0.05, 0.1) is 18.8 Å². The van der Waals surface area contributed by atoms with Gasteiger partial charge < -0.3 is 49.3 Å². The van der Waals surface area contributed by atoms with E-state index in [4.69, 9.17) is 33.0 Å². The van der Waals surface area contributed by atoms with E-state index in [1.165, 1.54) is 19.3 Å². The highest BCUT2D eigenvalue weighted by atomic mass is 31.2. The second kappa shape index (κ2) is 33.2. The summed E-state index contributed by atoms with van der Waals surface area (Å²) in [5.41, 5.74) is 0. The summed E-state index contributed by atoms with van der Waals surface area (Å²) in [7, 11) is -10.7. The van der Waals surface area contributed by atoms with Crippen molar-refractivity contribution in [2.75, 3.05) is 13.2 Å². The molecule has 2 aliphatic rings. The highest BCUT2D eigenvalue weighted by molar-refractivity contribution is 7.47. The maximum atomic E-state index is 13.0. The number of allylic oxidation sites excluding steroid dienone is 9. The number of hydrogen-bond acceptors (Lipinski definition) is 14. The van der Waals surface area contributed by atoms with E-state index in [2.05, 4.69) is 67.0 Å². The second-order valence-electron chi connectivity index (χ2n) is 16.1. The van der Waals surface area contributed by atoms with Gasteiger partial charge in [-0.25, -0.2) is 9.13 Å². The number of rotatable bonds is 36. The third kappa shape index (κ3) is 26.7. The predicted octanol–water partition coefficient (Wildman–Crippen LogP) is 7.27. The molecular weight excluding hydrogens is 874 g/mol. The quantitative estimate of drug-likeness (QED) is 0.0107. The van der Waals surface area contributed by atoms with Crippen molar-refractivity contribution in [1.82, 2.24) is 0 Å². The first kappa shape index (κ1) is 57.8. The number of esters is 2.